The van der Waals surface area contributed by atoms with Gasteiger partial charge in [0, 0.05) is 23.7 Å². The topological polar surface area (TPSA) is 93.6 Å². The van der Waals surface area contributed by atoms with Crippen LogP contribution in [0, 0.1) is 11.5 Å². The highest BCUT2D eigenvalue weighted by Gasteiger charge is 2.23. The van der Waals surface area contributed by atoms with Crippen molar-refractivity contribution in [3.8, 4) is 17.7 Å². The minimum atomic E-state index is -0.00686. The highest BCUT2D eigenvalue weighted by Crippen LogP contribution is 2.32. The van der Waals surface area contributed by atoms with Gasteiger partial charge in [-0.05, 0) is 44.2 Å². The number of imidazole rings is 1. The maximum atomic E-state index is 13.8. The summed E-state index contributed by atoms with van der Waals surface area (Å²) < 4.78 is 15.2. The van der Waals surface area contributed by atoms with Crippen LogP contribution in [-0.2, 0) is 6.54 Å². The van der Waals surface area contributed by atoms with Crippen LogP contribution in [0.2, 0.25) is 0 Å². The SMILES string of the molecule is CCOc1ccc2c(c1)n(C1CCCCC1)c(=O)n2Cc1ccc(N=C(NC#N)SC)cc1OC. The van der Waals surface area contributed by atoms with Crippen molar-refractivity contribution in [3.05, 3.63) is 52.4 Å². The molecule has 0 bridgehead atoms. The quantitative estimate of drug-likeness (QED) is 0.211. The lowest BCUT2D eigenvalue weighted by atomic mass is 9.95. The van der Waals surface area contributed by atoms with Crippen LogP contribution in [0.3, 0.4) is 0 Å². The number of benzene rings is 2. The fourth-order valence-corrected chi connectivity index (χ4v) is 5.10. The first-order valence-corrected chi connectivity index (χ1v) is 13.1. The summed E-state index contributed by atoms with van der Waals surface area (Å²) in [5, 5.41) is 12.0. The van der Waals surface area contributed by atoms with Crippen molar-refractivity contribution in [3.63, 3.8) is 0 Å². The Kier molecular flexibility index (Phi) is 8.03. The Balaban J connectivity index is 1.77. The summed E-state index contributed by atoms with van der Waals surface area (Å²) in [5.41, 5.74) is 3.34. The molecule has 0 saturated heterocycles. The molecule has 1 aliphatic rings. The summed E-state index contributed by atoms with van der Waals surface area (Å²) in [4.78, 5) is 18.2. The lowest BCUT2D eigenvalue weighted by Gasteiger charge is -2.23. The van der Waals surface area contributed by atoms with Crippen molar-refractivity contribution in [1.29, 1.82) is 5.26 Å². The monoisotopic (exact) mass is 493 g/mol. The molecular formula is C26H31N5O3S. The number of aliphatic imine (C=N–C) groups is 1. The van der Waals surface area contributed by atoms with Crippen LogP contribution in [-0.4, -0.2) is 34.3 Å². The molecule has 1 N–H and O–H groups in total. The highest BCUT2D eigenvalue weighted by molar-refractivity contribution is 8.13. The predicted octanol–water partition coefficient (Wildman–Crippen LogP) is 5.18. The maximum absolute atomic E-state index is 13.8. The molecule has 1 heterocycles. The Labute approximate surface area is 209 Å². The normalized spacial score (nSPS) is 14.6. The Bertz CT molecular complexity index is 1310. The van der Waals surface area contributed by atoms with Crippen LogP contribution in [0.4, 0.5) is 5.69 Å². The van der Waals surface area contributed by atoms with E-state index in [4.69, 9.17) is 14.7 Å². The summed E-state index contributed by atoms with van der Waals surface area (Å²) >= 11 is 1.35. The molecule has 0 radical (unpaired) electrons. The molecule has 1 saturated carbocycles. The molecule has 8 nitrogen and oxygen atoms in total. The minimum absolute atomic E-state index is 0.00686. The zero-order chi connectivity index (χ0) is 24.8. The number of rotatable bonds is 7. The minimum Gasteiger partial charge on any atom is -0.496 e. The molecule has 1 aromatic heterocycles. The third kappa shape index (κ3) is 5.33. The number of thioether (sulfide) groups is 1. The van der Waals surface area contributed by atoms with E-state index >= 15 is 0 Å². The molecule has 1 aliphatic carbocycles. The number of ether oxygens (including phenoxy) is 2. The van der Waals surface area contributed by atoms with E-state index in [1.165, 1.54) is 18.2 Å². The third-order valence-electron chi connectivity index (χ3n) is 6.37. The summed E-state index contributed by atoms with van der Waals surface area (Å²) in [6.45, 7) is 2.91. The van der Waals surface area contributed by atoms with Gasteiger partial charge < -0.3 is 9.47 Å². The van der Waals surface area contributed by atoms with Crippen molar-refractivity contribution in [2.75, 3.05) is 20.0 Å². The van der Waals surface area contributed by atoms with Crippen molar-refractivity contribution in [2.24, 2.45) is 4.99 Å². The zero-order valence-electron chi connectivity index (χ0n) is 20.4. The average molecular weight is 494 g/mol. The van der Waals surface area contributed by atoms with Crippen LogP contribution < -0.4 is 20.5 Å². The van der Waals surface area contributed by atoms with E-state index in [1.54, 1.807) is 7.11 Å². The number of nitriles is 1. The number of amidine groups is 1. The first-order valence-electron chi connectivity index (χ1n) is 11.9. The summed E-state index contributed by atoms with van der Waals surface area (Å²) in [6.07, 6.45) is 9.28. The molecule has 4 rings (SSSR count). The van der Waals surface area contributed by atoms with Crippen molar-refractivity contribution >= 4 is 33.7 Å². The van der Waals surface area contributed by atoms with Crippen molar-refractivity contribution < 1.29 is 9.47 Å². The summed E-state index contributed by atoms with van der Waals surface area (Å²) in [7, 11) is 1.61. The van der Waals surface area contributed by atoms with Crippen molar-refractivity contribution in [2.45, 2.75) is 51.6 Å². The summed E-state index contributed by atoms with van der Waals surface area (Å²) in [5.74, 6) is 1.41. The second-order valence-electron chi connectivity index (χ2n) is 8.47. The van der Waals surface area contributed by atoms with Crippen molar-refractivity contribution in [1.82, 2.24) is 14.5 Å². The second-order valence-corrected chi connectivity index (χ2v) is 9.26. The first kappa shape index (κ1) is 24.7. The molecule has 0 atom stereocenters. The van der Waals surface area contributed by atoms with Gasteiger partial charge in [0.15, 0.2) is 11.4 Å². The highest BCUT2D eigenvalue weighted by atomic mass is 32.2. The Morgan fingerprint density at radius 3 is 2.69 bits per heavy atom. The van der Waals surface area contributed by atoms with Crippen LogP contribution in [0.25, 0.3) is 11.0 Å². The van der Waals surface area contributed by atoms with Gasteiger partial charge in [-0.2, -0.15) is 5.26 Å². The molecular weight excluding hydrogens is 462 g/mol. The fourth-order valence-electron chi connectivity index (χ4n) is 4.76. The lowest BCUT2D eigenvalue weighted by Crippen LogP contribution is -2.29. The van der Waals surface area contributed by atoms with Gasteiger partial charge in [0.2, 0.25) is 0 Å². The molecule has 1 fully saturated rings. The van der Waals surface area contributed by atoms with E-state index in [0.29, 0.717) is 29.8 Å². The molecule has 0 aliphatic heterocycles. The second kappa shape index (κ2) is 11.4. The van der Waals surface area contributed by atoms with Gasteiger partial charge in [-0.1, -0.05) is 37.1 Å². The molecule has 0 unspecified atom stereocenters. The number of fused-ring (bicyclic) bond motifs is 1. The Morgan fingerprint density at radius 1 is 1.20 bits per heavy atom. The number of nitrogens with one attached hydrogen (secondary N) is 1. The molecule has 184 valence electrons. The number of hydrogen-bond acceptors (Lipinski definition) is 6. The molecule has 2 aromatic carbocycles. The third-order valence-corrected chi connectivity index (χ3v) is 6.95. The van der Waals surface area contributed by atoms with Crippen LogP contribution >= 0.6 is 11.8 Å². The number of aromatic nitrogens is 2. The van der Waals surface area contributed by atoms with E-state index in [2.05, 4.69) is 10.3 Å². The molecule has 0 amide bonds. The van der Waals surface area contributed by atoms with E-state index in [9.17, 15) is 4.79 Å². The van der Waals surface area contributed by atoms with Gasteiger partial charge in [0.1, 0.15) is 11.5 Å². The Morgan fingerprint density at radius 2 is 2.00 bits per heavy atom. The number of hydrogen-bond donors (Lipinski definition) is 1. The lowest BCUT2D eigenvalue weighted by molar-refractivity contribution is 0.339. The standard InChI is InChI=1S/C26H31N5O3S/c1-4-34-21-12-13-22-23(15-21)31(20-8-6-5-7-9-20)26(32)30(22)16-18-10-11-19(14-24(18)33-2)29-25(35-3)28-17-27/h10-15,20H,4-9,16H2,1-3H3,(H,28,29). The predicted molar refractivity (Wildman–Crippen MR) is 141 cm³/mol. The van der Waals surface area contributed by atoms with Gasteiger partial charge in [-0.3, -0.25) is 14.5 Å². The number of methoxy groups -OCH3 is 1. The van der Waals surface area contributed by atoms with E-state index < -0.39 is 0 Å². The fraction of sp³-hybridized carbons (Fsp3) is 0.423. The van der Waals surface area contributed by atoms with Crippen LogP contribution in [0.5, 0.6) is 11.5 Å². The van der Waals surface area contributed by atoms with E-state index in [-0.39, 0.29) is 11.7 Å². The first-order chi connectivity index (χ1) is 17.1. The molecule has 0 spiro atoms. The smallest absolute Gasteiger partial charge is 0.329 e. The number of nitrogens with zero attached hydrogens (tertiary/aromatic N) is 4. The van der Waals surface area contributed by atoms with Gasteiger partial charge in [-0.15, -0.1) is 0 Å². The van der Waals surface area contributed by atoms with Gasteiger partial charge >= 0.3 is 5.69 Å². The van der Waals surface area contributed by atoms with E-state index in [0.717, 1.165) is 48.0 Å². The van der Waals surface area contributed by atoms with Crippen LogP contribution in [0.1, 0.15) is 50.6 Å². The zero-order valence-corrected chi connectivity index (χ0v) is 21.2. The van der Waals surface area contributed by atoms with E-state index in [1.807, 2.05) is 64.9 Å². The van der Waals surface area contributed by atoms with Gasteiger partial charge in [0.25, 0.3) is 0 Å². The molecule has 35 heavy (non-hydrogen) atoms. The average Bonchev–Trinajstić information content (AvgIpc) is 3.15. The van der Waals surface area contributed by atoms with Gasteiger partial charge in [-0.25, -0.2) is 9.79 Å². The maximum Gasteiger partial charge on any atom is 0.329 e. The summed E-state index contributed by atoms with van der Waals surface area (Å²) in [6, 6.07) is 11.7. The van der Waals surface area contributed by atoms with Gasteiger partial charge in [0.05, 0.1) is 37.0 Å². The molecule has 3 aromatic rings. The Hall–Kier alpha value is -3.38. The largest absolute Gasteiger partial charge is 0.496 e. The van der Waals surface area contributed by atoms with Crippen LogP contribution in [0.15, 0.2) is 46.2 Å². The molecule has 9 heteroatoms.